The number of hydrogen-bond donors (Lipinski definition) is 5. The number of phenols is 1. The van der Waals surface area contributed by atoms with Gasteiger partial charge in [-0.2, -0.15) is 0 Å². The Kier molecular flexibility index (Phi) is 15.0. The van der Waals surface area contributed by atoms with E-state index in [9.17, 15) is 29.4 Å². The van der Waals surface area contributed by atoms with Gasteiger partial charge in [-0.1, -0.05) is 72.8 Å². The number of carbonyl (C=O) groups is 3. The third-order valence-electron chi connectivity index (χ3n) is 12.6. The van der Waals surface area contributed by atoms with Crippen LogP contribution in [0.3, 0.4) is 0 Å². The number of carbonyl (C=O) groups excluding carboxylic acids is 3. The van der Waals surface area contributed by atoms with Gasteiger partial charge in [0.2, 0.25) is 5.56 Å². The second-order valence-corrected chi connectivity index (χ2v) is 17.5. The first-order chi connectivity index (χ1) is 32.5. The smallest absolute Gasteiger partial charge is 0.408 e. The van der Waals surface area contributed by atoms with Gasteiger partial charge in [0.15, 0.2) is 0 Å². The van der Waals surface area contributed by atoms with Crippen molar-refractivity contribution < 1.29 is 38.8 Å². The molecule has 5 N–H and O–H groups in total. The molecule has 2 amide bonds. The minimum absolute atomic E-state index is 0.0109. The molecule has 3 aliphatic rings. The average molecular weight is 908 g/mol. The van der Waals surface area contributed by atoms with E-state index < -0.39 is 24.2 Å². The SMILES string of the molecule is CC(C)N(CCOC(=O)c1ccc(COc2cccc(C(NC(=O)OC3CN4CCC3CC4)c3ccccc3)c2)cc1)C(=O)c1ccc(CNCC(O)c2ccc(O)c3[nH]c(=O)ccc23)cc1. The molecule has 3 atom stereocenters. The molecule has 67 heavy (non-hydrogen) atoms. The zero-order valence-corrected chi connectivity index (χ0v) is 37.7. The van der Waals surface area contributed by atoms with Crippen molar-refractivity contribution in [1.82, 2.24) is 25.4 Å². The van der Waals surface area contributed by atoms with Crippen molar-refractivity contribution in [3.8, 4) is 11.5 Å². The van der Waals surface area contributed by atoms with Crippen LogP contribution >= 0.6 is 0 Å². The number of alkyl carbamates (subject to hydrolysis) is 1. The van der Waals surface area contributed by atoms with E-state index >= 15 is 0 Å². The predicted octanol–water partition coefficient (Wildman–Crippen LogP) is 7.25. The highest BCUT2D eigenvalue weighted by Gasteiger charge is 2.37. The molecule has 5 aromatic carbocycles. The minimum Gasteiger partial charge on any atom is -0.506 e. The highest BCUT2D eigenvalue weighted by atomic mass is 16.6. The molecule has 14 heteroatoms. The molecular formula is C53H57N5O9. The van der Waals surface area contributed by atoms with Crippen molar-refractivity contribution in [2.45, 2.75) is 64.1 Å². The van der Waals surface area contributed by atoms with Crippen LogP contribution in [0.5, 0.6) is 11.5 Å². The Labute approximate surface area is 389 Å². The second-order valence-electron chi connectivity index (χ2n) is 17.5. The number of aliphatic hydroxyl groups is 1. The van der Waals surface area contributed by atoms with Gasteiger partial charge in [-0.25, -0.2) is 9.59 Å². The lowest BCUT2D eigenvalue weighted by Gasteiger charge is -2.43. The Morgan fingerprint density at radius 3 is 2.27 bits per heavy atom. The van der Waals surface area contributed by atoms with Gasteiger partial charge < -0.3 is 44.9 Å². The number of aromatic amines is 1. The van der Waals surface area contributed by atoms with Gasteiger partial charge in [-0.05, 0) is 122 Å². The Balaban J connectivity index is 0.793. The number of amides is 2. The summed E-state index contributed by atoms with van der Waals surface area (Å²) in [5.41, 5.74) is 4.88. The number of aromatic nitrogens is 1. The number of benzene rings is 5. The number of pyridine rings is 1. The molecule has 3 fully saturated rings. The van der Waals surface area contributed by atoms with Gasteiger partial charge in [0.05, 0.1) is 29.8 Å². The summed E-state index contributed by atoms with van der Waals surface area (Å²) in [4.78, 5) is 58.3. The van der Waals surface area contributed by atoms with E-state index in [0.717, 1.165) is 54.7 Å². The first-order valence-electron chi connectivity index (χ1n) is 22.9. The zero-order valence-electron chi connectivity index (χ0n) is 37.7. The molecule has 0 saturated carbocycles. The van der Waals surface area contributed by atoms with Crippen LogP contribution in [-0.4, -0.2) is 94.4 Å². The van der Waals surface area contributed by atoms with Gasteiger partial charge in [0, 0.05) is 42.7 Å². The fraction of sp³-hybridized carbons (Fsp3) is 0.321. The number of nitrogens with one attached hydrogen (secondary N) is 3. The van der Waals surface area contributed by atoms with Crippen molar-refractivity contribution in [2.75, 3.05) is 39.3 Å². The number of rotatable bonds is 18. The number of hydrogen-bond acceptors (Lipinski definition) is 11. The van der Waals surface area contributed by atoms with Crippen LogP contribution in [0.1, 0.15) is 87.4 Å². The fourth-order valence-corrected chi connectivity index (χ4v) is 8.88. The largest absolute Gasteiger partial charge is 0.506 e. The standard InChI is InChI=1S/C53H57N5O9/c1-34(2)58(51(62)39-15-11-35(12-16-39)30-54-31-46(60)43-19-21-45(59)50-44(43)20-22-48(61)55-50)27-28-65-52(63)40-17-13-36(14-18-40)33-66-42-10-6-9-41(29-42)49(38-7-4-3-5-8-38)56-53(64)67-47-32-57-25-23-37(47)24-26-57/h3-22,29,34,37,46-47,49,54,59-60H,23-28,30-33H2,1-2H3,(H,55,61)(H,56,64). The summed E-state index contributed by atoms with van der Waals surface area (Å²) in [5.74, 6) is 0.265. The Hall–Kier alpha value is -7.00. The van der Waals surface area contributed by atoms with Crippen molar-refractivity contribution in [2.24, 2.45) is 5.92 Å². The Morgan fingerprint density at radius 1 is 0.836 bits per heavy atom. The molecule has 0 spiro atoms. The summed E-state index contributed by atoms with van der Waals surface area (Å²) >= 11 is 0. The zero-order chi connectivity index (χ0) is 46.9. The molecule has 1 aromatic heterocycles. The highest BCUT2D eigenvalue weighted by molar-refractivity contribution is 5.94. The lowest BCUT2D eigenvalue weighted by Crippen LogP contribution is -2.52. The van der Waals surface area contributed by atoms with Crippen LogP contribution in [0, 0.1) is 5.92 Å². The van der Waals surface area contributed by atoms with Crippen LogP contribution in [0.25, 0.3) is 10.9 Å². The first-order valence-corrected chi connectivity index (χ1v) is 22.9. The number of aromatic hydroxyl groups is 1. The lowest BCUT2D eigenvalue weighted by molar-refractivity contribution is -0.0336. The van der Waals surface area contributed by atoms with E-state index in [-0.39, 0.29) is 61.2 Å². The molecule has 6 aromatic rings. The molecule has 9 rings (SSSR count). The molecule has 3 unspecified atom stereocenters. The maximum Gasteiger partial charge on any atom is 0.408 e. The first kappa shape index (κ1) is 46.5. The quantitative estimate of drug-likeness (QED) is 0.0548. The molecule has 0 aliphatic carbocycles. The summed E-state index contributed by atoms with van der Waals surface area (Å²) in [6, 6.07) is 37.0. The van der Waals surface area contributed by atoms with Gasteiger partial charge >= 0.3 is 12.1 Å². The normalized spacial score (nSPS) is 17.4. The molecular weight excluding hydrogens is 851 g/mol. The maximum atomic E-state index is 13.6. The van der Waals surface area contributed by atoms with E-state index in [1.165, 1.54) is 12.1 Å². The predicted molar refractivity (Wildman–Crippen MR) is 254 cm³/mol. The van der Waals surface area contributed by atoms with Crippen molar-refractivity contribution in [3.63, 3.8) is 0 Å². The van der Waals surface area contributed by atoms with Gasteiger partial charge in [0.25, 0.3) is 5.91 Å². The fourth-order valence-electron chi connectivity index (χ4n) is 8.88. The number of piperidine rings is 3. The van der Waals surface area contributed by atoms with Gasteiger partial charge in [-0.15, -0.1) is 0 Å². The van der Waals surface area contributed by atoms with E-state index in [4.69, 9.17) is 14.2 Å². The van der Waals surface area contributed by atoms with Gasteiger partial charge in [0.1, 0.15) is 30.8 Å². The van der Waals surface area contributed by atoms with Crippen molar-refractivity contribution in [3.05, 3.63) is 177 Å². The summed E-state index contributed by atoms with van der Waals surface area (Å²) < 4.78 is 17.8. The number of aliphatic hydroxyl groups excluding tert-OH is 1. The van der Waals surface area contributed by atoms with Crippen LogP contribution in [0.15, 0.2) is 132 Å². The molecule has 3 aliphatic heterocycles. The van der Waals surface area contributed by atoms with E-state index in [0.29, 0.717) is 40.3 Å². The van der Waals surface area contributed by atoms with Crippen LogP contribution < -0.4 is 20.9 Å². The maximum absolute atomic E-state index is 13.6. The summed E-state index contributed by atoms with van der Waals surface area (Å²) in [6.45, 7) is 7.83. The van der Waals surface area contributed by atoms with Crippen molar-refractivity contribution >= 4 is 28.9 Å². The van der Waals surface area contributed by atoms with Crippen molar-refractivity contribution in [1.29, 1.82) is 0 Å². The number of fused-ring (bicyclic) bond motifs is 4. The number of esters is 1. The van der Waals surface area contributed by atoms with E-state index in [1.54, 1.807) is 41.3 Å². The average Bonchev–Trinajstić information content (AvgIpc) is 3.35. The van der Waals surface area contributed by atoms with Gasteiger partial charge in [-0.3, -0.25) is 14.5 Å². The molecule has 348 valence electrons. The van der Waals surface area contributed by atoms with E-state index in [1.807, 2.05) is 92.7 Å². The topological polar surface area (TPSA) is 183 Å². The summed E-state index contributed by atoms with van der Waals surface area (Å²) in [5, 5.41) is 28.0. The van der Waals surface area contributed by atoms with Crippen LogP contribution in [0.4, 0.5) is 4.79 Å². The highest BCUT2D eigenvalue weighted by Crippen LogP contribution is 2.32. The molecule has 2 bridgehead atoms. The summed E-state index contributed by atoms with van der Waals surface area (Å²) in [6.07, 6.45) is 0.672. The molecule has 4 heterocycles. The number of nitrogens with zero attached hydrogens (tertiary/aromatic N) is 2. The summed E-state index contributed by atoms with van der Waals surface area (Å²) in [7, 11) is 0. The number of ether oxygens (including phenoxy) is 3. The Bertz CT molecular complexity index is 2700. The van der Waals surface area contributed by atoms with Crippen LogP contribution in [0.2, 0.25) is 0 Å². The molecule has 0 radical (unpaired) electrons. The third-order valence-corrected chi connectivity index (χ3v) is 12.6. The number of phenolic OH excluding ortho intramolecular Hbond substituents is 1. The third kappa shape index (κ3) is 11.7. The van der Waals surface area contributed by atoms with Crippen LogP contribution in [-0.2, 0) is 22.6 Å². The molecule has 14 nitrogen and oxygen atoms in total. The Morgan fingerprint density at radius 2 is 1.55 bits per heavy atom. The second kappa shape index (κ2) is 21.5. The van der Waals surface area contributed by atoms with E-state index in [2.05, 4.69) is 20.5 Å². The number of H-pyrrole nitrogens is 1. The molecule has 3 saturated heterocycles. The minimum atomic E-state index is -0.901. The lowest BCUT2D eigenvalue weighted by atomic mass is 9.86. The monoisotopic (exact) mass is 907 g/mol.